The van der Waals surface area contributed by atoms with Crippen LogP contribution in [0.2, 0.25) is 18.1 Å². The molecule has 0 atom stereocenters. The number of carbonyl (C=O) groups is 1. The molecule has 0 radical (unpaired) electrons. The summed E-state index contributed by atoms with van der Waals surface area (Å²) in [5.41, 5.74) is 5.52. The molecule has 0 saturated carbocycles. The third-order valence-electron chi connectivity index (χ3n) is 10.9. The Bertz CT molecular complexity index is 2150. The van der Waals surface area contributed by atoms with Crippen molar-refractivity contribution in [3.63, 3.8) is 0 Å². The van der Waals surface area contributed by atoms with E-state index in [1.807, 2.05) is 24.3 Å². The van der Waals surface area contributed by atoms with Gasteiger partial charge in [0.15, 0.2) is 0 Å². The number of hydrogen-bond acceptors (Lipinski definition) is 8. The second kappa shape index (κ2) is 17.0. The number of phenolic OH excluding ortho intramolecular Hbond substituents is 1. The number of hydrogen-bond donors (Lipinski definition) is 2. The van der Waals surface area contributed by atoms with Crippen molar-refractivity contribution >= 4 is 39.2 Å². The number of aromatic hydroxyl groups is 1. The van der Waals surface area contributed by atoms with Gasteiger partial charge in [0.2, 0.25) is 8.32 Å². The molecule has 7 rings (SSSR count). The summed E-state index contributed by atoms with van der Waals surface area (Å²) in [6, 6.07) is 22.3. The number of rotatable bonds is 8. The Kier molecular flexibility index (Phi) is 14.3. The normalized spacial score (nSPS) is 19.4. The largest absolute Gasteiger partial charge is 0.543 e. The molecule has 0 aliphatic carbocycles. The maximum atomic E-state index is 12.5. The van der Waals surface area contributed by atoms with Gasteiger partial charge in [0.25, 0.3) is 0 Å². The van der Waals surface area contributed by atoms with E-state index in [2.05, 4.69) is 59.8 Å². The van der Waals surface area contributed by atoms with Gasteiger partial charge in [-0.15, -0.1) is 0 Å². The lowest BCUT2D eigenvalue weighted by atomic mass is 9.90. The zero-order chi connectivity index (χ0) is 40.9. The van der Waals surface area contributed by atoms with Crippen molar-refractivity contribution in [1.29, 1.82) is 0 Å². The van der Waals surface area contributed by atoms with Crippen LogP contribution >= 0.6 is 14.3 Å². The van der Waals surface area contributed by atoms with Crippen molar-refractivity contribution in [1.82, 2.24) is 0 Å². The van der Waals surface area contributed by atoms with Gasteiger partial charge in [-0.3, -0.25) is 0 Å². The molecule has 0 amide bonds. The molecule has 3 saturated heterocycles. The summed E-state index contributed by atoms with van der Waals surface area (Å²) in [5, 5.41) is 20.7. The first kappa shape index (κ1) is 47.9. The smallest absolute Gasteiger partial charge is 0.336 e. The fourth-order valence-electron chi connectivity index (χ4n) is 6.11. The zero-order valence-electron chi connectivity index (χ0n) is 34.2. The molecule has 3 fully saturated rings. The molecule has 312 valence electrons. The second-order valence-corrected chi connectivity index (χ2v) is 28.7. The maximum absolute atomic E-state index is 12.5. The minimum atomic E-state index is -2.32. The minimum absolute atomic E-state index is 0. The molecule has 57 heavy (non-hydrogen) atoms. The first-order chi connectivity index (χ1) is 25.3. The molecule has 2 bridgehead atoms. The Morgan fingerprint density at radius 2 is 1.14 bits per heavy atom. The van der Waals surface area contributed by atoms with Crippen LogP contribution in [0, 0.1) is 19.3 Å². The Hall–Kier alpha value is -3.49. The topological polar surface area (TPSA) is 129 Å². The van der Waals surface area contributed by atoms with Gasteiger partial charge in [-0.1, -0.05) is 91.1 Å². The highest BCUT2D eigenvalue weighted by molar-refractivity contribution is 7.70. The number of carboxylic acid groups (broad SMARTS) is 1. The van der Waals surface area contributed by atoms with E-state index in [1.165, 1.54) is 12.1 Å². The third kappa shape index (κ3) is 10.4. The van der Waals surface area contributed by atoms with Crippen molar-refractivity contribution in [2.24, 2.45) is 5.41 Å². The van der Waals surface area contributed by atoms with Gasteiger partial charge in [0.1, 0.15) is 25.8 Å². The van der Waals surface area contributed by atoms with Gasteiger partial charge in [0, 0.05) is 32.7 Å². The van der Waals surface area contributed by atoms with Gasteiger partial charge in [-0.2, -0.15) is 0 Å². The van der Waals surface area contributed by atoms with Crippen molar-refractivity contribution in [2.45, 2.75) is 80.5 Å². The van der Waals surface area contributed by atoms with Crippen LogP contribution < -0.4 is 15.0 Å². The van der Waals surface area contributed by atoms with Gasteiger partial charge in [0.05, 0.1) is 25.4 Å². The minimum Gasteiger partial charge on any atom is -0.543 e. The van der Waals surface area contributed by atoms with E-state index >= 15 is 0 Å². The predicted molar refractivity (Wildman–Crippen MR) is 239 cm³/mol. The average molecular weight is 839 g/mol. The standard InChI is InChI=1S/C27H39O5PSi.C16H17O4P.2CH4/c1-19-23(27-29-16-26(5,17-30-27)18-31-27)14-21(15-24(19)32-34(8,9)25(2,3)4)20-10-12-22(13-11-20)33(6,7)28;1-10-14(16(18)19)8-12(9-15(10)17)11-4-6-13(7-5-11)21(2,3)20;;/h10-15H,16-18H2,1-9H3;4-9,17H,1-3H3,(H,18,19);2*1H4. The molecule has 3 heterocycles. The van der Waals surface area contributed by atoms with Crippen LogP contribution in [0.5, 0.6) is 11.5 Å². The van der Waals surface area contributed by atoms with Crippen LogP contribution in [-0.2, 0) is 29.3 Å². The molecule has 12 heteroatoms. The Balaban J connectivity index is 0.000000327. The van der Waals surface area contributed by atoms with Crippen molar-refractivity contribution in [2.75, 3.05) is 46.5 Å². The lowest BCUT2D eigenvalue weighted by Gasteiger charge is -2.51. The molecule has 0 unspecified atom stereocenters. The number of carboxylic acids is 1. The van der Waals surface area contributed by atoms with E-state index in [-0.39, 0.29) is 36.6 Å². The van der Waals surface area contributed by atoms with Crippen LogP contribution in [0.1, 0.15) is 69.6 Å². The number of aromatic carboxylic acids is 1. The second-order valence-electron chi connectivity index (χ2n) is 17.5. The fraction of sp³-hybridized carbons (Fsp3) is 0.444. The monoisotopic (exact) mass is 838 g/mol. The Labute approximate surface area is 342 Å². The van der Waals surface area contributed by atoms with Gasteiger partial charge >= 0.3 is 11.9 Å². The summed E-state index contributed by atoms with van der Waals surface area (Å²) < 4.78 is 50.0. The Morgan fingerprint density at radius 3 is 1.53 bits per heavy atom. The SMILES string of the molecule is C.C.Cc1c(O)cc(-c2ccc(P(C)(C)=O)cc2)cc1C(=O)O.Cc1c(O[Si](C)(C)C(C)(C)C)cc(-c2ccc(P(C)(C)=O)cc2)cc1C12OCC(C)(CO1)CO2. The molecule has 9 nitrogen and oxygen atoms in total. The molecule has 4 aromatic carbocycles. The van der Waals surface area contributed by atoms with E-state index in [0.717, 1.165) is 44.2 Å². The zero-order valence-corrected chi connectivity index (χ0v) is 37.0. The van der Waals surface area contributed by atoms with Gasteiger partial charge in [-0.05, 0) is 105 Å². The number of fused-ring (bicyclic) bond motifs is 3. The summed E-state index contributed by atoms with van der Waals surface area (Å²) in [4.78, 5) is 11.2. The number of ether oxygens (including phenoxy) is 3. The van der Waals surface area contributed by atoms with E-state index in [9.17, 15) is 19.0 Å². The van der Waals surface area contributed by atoms with Crippen LogP contribution in [0.15, 0.2) is 72.8 Å². The third-order valence-corrected chi connectivity index (χ3v) is 18.4. The molecule has 3 aliphatic heterocycles. The average Bonchev–Trinajstić information content (AvgIpc) is 3.10. The highest BCUT2D eigenvalue weighted by Crippen LogP contribution is 2.48. The first-order valence-corrected chi connectivity index (χ1v) is 26.5. The van der Waals surface area contributed by atoms with Crippen LogP contribution in [0.3, 0.4) is 0 Å². The summed E-state index contributed by atoms with van der Waals surface area (Å²) >= 11 is 0. The highest BCUT2D eigenvalue weighted by Gasteiger charge is 2.53. The van der Waals surface area contributed by atoms with Crippen LogP contribution in [-0.4, -0.2) is 71.0 Å². The van der Waals surface area contributed by atoms with Crippen molar-refractivity contribution in [3.8, 4) is 33.8 Å². The fourth-order valence-corrected chi connectivity index (χ4v) is 8.91. The molecular weight excluding hydrogens is 775 g/mol. The lowest BCUT2D eigenvalue weighted by molar-refractivity contribution is -0.477. The van der Waals surface area contributed by atoms with Gasteiger partial charge < -0.3 is 38.0 Å². The quantitative estimate of drug-likeness (QED) is 0.132. The highest BCUT2D eigenvalue weighted by atomic mass is 31.2. The first-order valence-electron chi connectivity index (χ1n) is 18.4. The van der Waals surface area contributed by atoms with E-state index in [4.69, 9.17) is 23.7 Å². The molecule has 3 aliphatic rings. The Morgan fingerprint density at radius 1 is 0.719 bits per heavy atom. The number of benzene rings is 4. The van der Waals surface area contributed by atoms with Crippen molar-refractivity contribution < 1.29 is 42.8 Å². The summed E-state index contributed by atoms with van der Waals surface area (Å²) in [5.74, 6) is -1.51. The molecule has 4 aromatic rings. The summed E-state index contributed by atoms with van der Waals surface area (Å²) in [6.45, 7) is 25.7. The van der Waals surface area contributed by atoms with Crippen LogP contribution in [0.4, 0.5) is 0 Å². The summed E-state index contributed by atoms with van der Waals surface area (Å²) in [7, 11) is -6.74. The summed E-state index contributed by atoms with van der Waals surface area (Å²) in [6.07, 6.45) is 0. The van der Waals surface area contributed by atoms with Crippen molar-refractivity contribution in [3.05, 3.63) is 95.1 Å². The molecular formula is C45H64O9P2Si. The lowest BCUT2D eigenvalue weighted by Crippen LogP contribution is -2.57. The number of phenols is 1. The van der Waals surface area contributed by atoms with E-state index in [1.54, 1.807) is 57.8 Å². The molecule has 2 N–H and O–H groups in total. The van der Waals surface area contributed by atoms with E-state index in [0.29, 0.717) is 30.9 Å². The maximum Gasteiger partial charge on any atom is 0.336 e. The van der Waals surface area contributed by atoms with Crippen LogP contribution in [0.25, 0.3) is 22.3 Å². The predicted octanol–water partition coefficient (Wildman–Crippen LogP) is 11.1. The molecule has 0 spiro atoms. The molecule has 0 aromatic heterocycles. The van der Waals surface area contributed by atoms with E-state index < -0.39 is 34.5 Å². The van der Waals surface area contributed by atoms with Gasteiger partial charge in [-0.25, -0.2) is 4.79 Å².